The van der Waals surface area contributed by atoms with E-state index in [0.717, 1.165) is 71.7 Å². The maximum Gasteiger partial charge on any atom is 0.0898 e. The molecule has 2 aromatic heterocycles. The summed E-state index contributed by atoms with van der Waals surface area (Å²) in [5.41, 5.74) is 5.83. The van der Waals surface area contributed by atoms with Gasteiger partial charge in [0, 0.05) is 68.0 Å². The van der Waals surface area contributed by atoms with E-state index in [-0.39, 0.29) is 6.67 Å². The number of pyridine rings is 1. The van der Waals surface area contributed by atoms with Crippen LogP contribution in [0.1, 0.15) is 18.4 Å². The number of allylic oxidation sites excluding steroid dienone is 1. The van der Waals surface area contributed by atoms with Crippen LogP contribution in [0, 0.1) is 0 Å². The first-order chi connectivity index (χ1) is 15.0. The Morgan fingerprint density at radius 1 is 1.10 bits per heavy atom. The number of benzene rings is 1. The molecule has 0 unspecified atom stereocenters. The van der Waals surface area contributed by atoms with Crippen LogP contribution >= 0.6 is 11.6 Å². The molecule has 0 spiro atoms. The fourth-order valence-electron chi connectivity index (χ4n) is 4.07. The predicted molar refractivity (Wildman–Crippen MR) is 128 cm³/mol. The Balaban J connectivity index is 1.52. The van der Waals surface area contributed by atoms with Gasteiger partial charge in [0.1, 0.15) is 0 Å². The molecule has 3 aromatic rings. The molecule has 6 heteroatoms. The van der Waals surface area contributed by atoms with Crippen molar-refractivity contribution in [3.63, 3.8) is 0 Å². The Morgan fingerprint density at radius 2 is 1.84 bits per heavy atom. The van der Waals surface area contributed by atoms with Crippen LogP contribution in [-0.4, -0.2) is 52.2 Å². The smallest absolute Gasteiger partial charge is 0.0898 e. The molecule has 31 heavy (non-hydrogen) atoms. The number of rotatable bonds is 7. The van der Waals surface area contributed by atoms with Gasteiger partial charge < -0.3 is 14.4 Å². The molecule has 0 bridgehead atoms. The Hall–Kier alpha value is -2.79. The van der Waals surface area contributed by atoms with Gasteiger partial charge in [-0.1, -0.05) is 36.9 Å². The van der Waals surface area contributed by atoms with Gasteiger partial charge in [-0.05, 0) is 36.6 Å². The van der Waals surface area contributed by atoms with Crippen molar-refractivity contribution in [1.82, 2.24) is 19.4 Å². The number of hydrogen-bond acceptors (Lipinski definition) is 3. The van der Waals surface area contributed by atoms with Crippen molar-refractivity contribution in [3.8, 4) is 11.3 Å². The largest absolute Gasteiger partial charge is 0.372 e. The molecule has 0 saturated carbocycles. The van der Waals surface area contributed by atoms with Gasteiger partial charge in [-0.15, -0.1) is 0 Å². The summed E-state index contributed by atoms with van der Waals surface area (Å²) in [5, 5.41) is 1.63. The standard InChI is InChI=1S/C25H28ClFN4/c1-18(5-4-9-27)30-11-13-31(14-12-30)19(2)20-6-7-22-23(26)16-24(28-25(22)15-20)21-8-10-29(3)17-21/h6-8,10,15-17H,1-2,4-5,9,11-14H2,3H3. The molecule has 0 aliphatic carbocycles. The highest BCUT2D eigenvalue weighted by molar-refractivity contribution is 6.35. The maximum absolute atomic E-state index is 12.4. The van der Waals surface area contributed by atoms with E-state index in [4.69, 9.17) is 16.6 Å². The number of alkyl halides is 1. The van der Waals surface area contributed by atoms with E-state index >= 15 is 0 Å². The third kappa shape index (κ3) is 4.62. The summed E-state index contributed by atoms with van der Waals surface area (Å²) in [6, 6.07) is 10.1. The molecule has 1 aromatic carbocycles. The lowest BCUT2D eigenvalue weighted by Gasteiger charge is -2.39. The molecule has 3 heterocycles. The first kappa shape index (κ1) is 21.4. The van der Waals surface area contributed by atoms with Crippen LogP contribution in [0.3, 0.4) is 0 Å². The molecule has 1 aliphatic rings. The molecule has 0 N–H and O–H groups in total. The van der Waals surface area contributed by atoms with Gasteiger partial charge >= 0.3 is 0 Å². The topological polar surface area (TPSA) is 24.3 Å². The fourth-order valence-corrected chi connectivity index (χ4v) is 4.34. The minimum atomic E-state index is -0.290. The molecular formula is C25H28ClFN4. The van der Waals surface area contributed by atoms with Gasteiger partial charge in [-0.25, -0.2) is 4.98 Å². The third-order valence-electron chi connectivity index (χ3n) is 5.93. The van der Waals surface area contributed by atoms with Crippen molar-refractivity contribution in [1.29, 1.82) is 0 Å². The van der Waals surface area contributed by atoms with Crippen molar-refractivity contribution in [2.45, 2.75) is 12.8 Å². The summed E-state index contributed by atoms with van der Waals surface area (Å²) in [7, 11) is 1.99. The molecule has 1 fully saturated rings. The summed E-state index contributed by atoms with van der Waals surface area (Å²) in [6.07, 6.45) is 5.30. The van der Waals surface area contributed by atoms with Gasteiger partial charge in [0.2, 0.25) is 0 Å². The summed E-state index contributed by atoms with van der Waals surface area (Å²) in [4.78, 5) is 9.42. The zero-order valence-corrected chi connectivity index (χ0v) is 18.7. The van der Waals surface area contributed by atoms with E-state index in [9.17, 15) is 4.39 Å². The lowest BCUT2D eigenvalue weighted by molar-refractivity contribution is 0.208. The SMILES string of the molecule is C=C(CCCF)N1CCN(C(=C)c2ccc3c(Cl)cc(-c4ccn(C)c4)nc3c2)CC1. The number of hydrogen-bond donors (Lipinski definition) is 0. The molecule has 0 amide bonds. The van der Waals surface area contributed by atoms with Crippen LogP contribution in [0.5, 0.6) is 0 Å². The van der Waals surface area contributed by atoms with Crippen molar-refractivity contribution in [2.24, 2.45) is 7.05 Å². The van der Waals surface area contributed by atoms with Crippen molar-refractivity contribution >= 4 is 28.2 Å². The van der Waals surface area contributed by atoms with E-state index in [2.05, 4.69) is 35.1 Å². The van der Waals surface area contributed by atoms with Crippen LogP contribution in [-0.2, 0) is 7.05 Å². The third-order valence-corrected chi connectivity index (χ3v) is 6.24. The zero-order chi connectivity index (χ0) is 22.0. The number of aromatic nitrogens is 2. The predicted octanol–water partition coefficient (Wildman–Crippen LogP) is 5.75. The van der Waals surface area contributed by atoms with Crippen LogP contribution in [0.4, 0.5) is 4.39 Å². The lowest BCUT2D eigenvalue weighted by atomic mass is 10.1. The molecule has 0 radical (unpaired) electrons. The second kappa shape index (κ2) is 9.15. The number of fused-ring (bicyclic) bond motifs is 1. The van der Waals surface area contributed by atoms with Crippen molar-refractivity contribution in [3.05, 3.63) is 72.2 Å². The quantitative estimate of drug-likeness (QED) is 0.469. The molecule has 4 rings (SSSR count). The average Bonchev–Trinajstić information content (AvgIpc) is 3.23. The van der Waals surface area contributed by atoms with E-state index in [1.54, 1.807) is 0 Å². The molecule has 162 valence electrons. The Bertz CT molecular complexity index is 1110. The number of aryl methyl sites for hydroxylation is 1. The van der Waals surface area contributed by atoms with Gasteiger partial charge in [-0.3, -0.25) is 4.39 Å². The molecule has 0 atom stereocenters. The van der Waals surface area contributed by atoms with Gasteiger partial charge in [-0.2, -0.15) is 0 Å². The van der Waals surface area contributed by atoms with Gasteiger partial charge in [0.25, 0.3) is 0 Å². The minimum Gasteiger partial charge on any atom is -0.372 e. The molecule has 4 nitrogen and oxygen atoms in total. The molecule has 1 saturated heterocycles. The normalized spacial score (nSPS) is 14.3. The summed E-state index contributed by atoms with van der Waals surface area (Å²) in [5.74, 6) is 0. The first-order valence-corrected chi connectivity index (χ1v) is 11.0. The second-order valence-corrected chi connectivity index (χ2v) is 8.47. The van der Waals surface area contributed by atoms with Crippen LogP contribution < -0.4 is 0 Å². The highest BCUT2D eigenvalue weighted by Gasteiger charge is 2.20. The average molecular weight is 439 g/mol. The van der Waals surface area contributed by atoms with Crippen LogP contribution in [0.2, 0.25) is 5.02 Å². The molecular weight excluding hydrogens is 411 g/mol. The van der Waals surface area contributed by atoms with E-state index < -0.39 is 0 Å². The highest BCUT2D eigenvalue weighted by Crippen LogP contribution is 2.31. The number of nitrogens with zero attached hydrogens (tertiary/aromatic N) is 4. The Kier molecular flexibility index (Phi) is 6.33. The van der Waals surface area contributed by atoms with Crippen molar-refractivity contribution in [2.75, 3.05) is 32.9 Å². The van der Waals surface area contributed by atoms with E-state index in [0.29, 0.717) is 11.4 Å². The van der Waals surface area contributed by atoms with E-state index in [1.165, 1.54) is 0 Å². The Morgan fingerprint density at radius 3 is 2.52 bits per heavy atom. The van der Waals surface area contributed by atoms with Gasteiger partial charge in [0.15, 0.2) is 0 Å². The van der Waals surface area contributed by atoms with Gasteiger partial charge in [0.05, 0.1) is 22.9 Å². The number of halogens is 2. The maximum atomic E-state index is 12.4. The van der Waals surface area contributed by atoms with Crippen LogP contribution in [0.25, 0.3) is 27.9 Å². The van der Waals surface area contributed by atoms with Crippen molar-refractivity contribution < 1.29 is 4.39 Å². The minimum absolute atomic E-state index is 0.290. The van der Waals surface area contributed by atoms with E-state index in [1.807, 2.05) is 42.2 Å². The summed E-state index contributed by atoms with van der Waals surface area (Å²) < 4.78 is 14.4. The Labute approximate surface area is 188 Å². The summed E-state index contributed by atoms with van der Waals surface area (Å²) >= 11 is 6.56. The van der Waals surface area contributed by atoms with Crippen LogP contribution in [0.15, 0.2) is 61.6 Å². The molecule has 1 aliphatic heterocycles. The summed E-state index contributed by atoms with van der Waals surface area (Å²) in [6.45, 7) is 11.7. The number of piperazine rings is 1. The lowest BCUT2D eigenvalue weighted by Crippen LogP contribution is -2.44. The fraction of sp³-hybridized carbons (Fsp3) is 0.320. The second-order valence-electron chi connectivity index (χ2n) is 8.07. The highest BCUT2D eigenvalue weighted by atomic mass is 35.5. The first-order valence-electron chi connectivity index (χ1n) is 10.6. The zero-order valence-electron chi connectivity index (χ0n) is 18.0. The monoisotopic (exact) mass is 438 g/mol.